The lowest BCUT2D eigenvalue weighted by molar-refractivity contribution is -0.137. The van der Waals surface area contributed by atoms with Gasteiger partial charge in [-0.05, 0) is 30.7 Å². The van der Waals surface area contributed by atoms with E-state index in [2.05, 4.69) is 11.3 Å². The summed E-state index contributed by atoms with van der Waals surface area (Å²) in [5.41, 5.74) is -0.319. The molecule has 0 amide bonds. The summed E-state index contributed by atoms with van der Waals surface area (Å²) in [7, 11) is 1.11. The maximum atomic E-state index is 12.6. The van der Waals surface area contributed by atoms with Crippen LogP contribution in [0.1, 0.15) is 28.4 Å². The first kappa shape index (κ1) is 13.3. The lowest BCUT2D eigenvalue weighted by Crippen LogP contribution is -2.09. The molecule has 0 bridgehead atoms. The molecule has 1 rings (SSSR count). The lowest BCUT2D eigenvalue weighted by Gasteiger charge is -2.11. The smallest absolute Gasteiger partial charge is 0.416 e. The molecule has 1 aromatic carbocycles. The molecule has 0 saturated heterocycles. The van der Waals surface area contributed by atoms with Crippen LogP contribution < -0.4 is 0 Å². The SMILES string of the molecule is C=C(C)c1cc(C(=O)OC)cc(C(F)(F)F)c1. The topological polar surface area (TPSA) is 26.3 Å². The van der Waals surface area contributed by atoms with Gasteiger partial charge in [0.1, 0.15) is 0 Å². The number of halogens is 3. The summed E-state index contributed by atoms with van der Waals surface area (Å²) < 4.78 is 42.2. The maximum absolute atomic E-state index is 12.6. The van der Waals surface area contributed by atoms with Crippen LogP contribution in [0.15, 0.2) is 24.8 Å². The molecule has 0 atom stereocenters. The van der Waals surface area contributed by atoms with Crippen molar-refractivity contribution in [2.75, 3.05) is 7.11 Å². The molecule has 0 unspecified atom stereocenters. The number of carbonyl (C=O) groups is 1. The Morgan fingerprint density at radius 3 is 2.18 bits per heavy atom. The molecule has 0 aliphatic heterocycles. The first-order valence-corrected chi connectivity index (χ1v) is 4.72. The normalized spacial score (nSPS) is 11.1. The number of ether oxygens (including phenoxy) is 1. The van der Waals surface area contributed by atoms with Crippen LogP contribution in [0.25, 0.3) is 5.57 Å². The van der Waals surface area contributed by atoms with Crippen molar-refractivity contribution >= 4 is 11.5 Å². The minimum atomic E-state index is -4.51. The Kier molecular flexibility index (Phi) is 3.60. The van der Waals surface area contributed by atoms with Gasteiger partial charge in [-0.2, -0.15) is 13.2 Å². The van der Waals surface area contributed by atoms with Crippen LogP contribution in [-0.4, -0.2) is 13.1 Å². The van der Waals surface area contributed by atoms with E-state index in [1.165, 1.54) is 6.07 Å². The average molecular weight is 244 g/mol. The third-order valence-electron chi connectivity index (χ3n) is 2.17. The maximum Gasteiger partial charge on any atom is 0.416 e. The van der Waals surface area contributed by atoms with Crippen molar-refractivity contribution in [1.29, 1.82) is 0 Å². The molecule has 0 heterocycles. The first-order valence-electron chi connectivity index (χ1n) is 4.72. The van der Waals surface area contributed by atoms with E-state index in [-0.39, 0.29) is 11.1 Å². The average Bonchev–Trinajstić information content (AvgIpc) is 2.26. The number of alkyl halides is 3. The van der Waals surface area contributed by atoms with Gasteiger partial charge < -0.3 is 4.74 Å². The Morgan fingerprint density at radius 2 is 1.76 bits per heavy atom. The highest BCUT2D eigenvalue weighted by atomic mass is 19.4. The molecule has 0 aliphatic carbocycles. The zero-order valence-electron chi connectivity index (χ0n) is 9.39. The quantitative estimate of drug-likeness (QED) is 0.744. The van der Waals surface area contributed by atoms with E-state index in [4.69, 9.17) is 0 Å². The number of hydrogen-bond acceptors (Lipinski definition) is 2. The van der Waals surface area contributed by atoms with E-state index in [0.717, 1.165) is 19.2 Å². The molecule has 0 fully saturated rings. The zero-order chi connectivity index (χ0) is 13.2. The van der Waals surface area contributed by atoms with Crippen LogP contribution in [0, 0.1) is 0 Å². The molecule has 5 heteroatoms. The van der Waals surface area contributed by atoms with Crippen LogP contribution in [0.4, 0.5) is 13.2 Å². The van der Waals surface area contributed by atoms with Crippen LogP contribution in [0.3, 0.4) is 0 Å². The van der Waals surface area contributed by atoms with Gasteiger partial charge in [-0.1, -0.05) is 12.2 Å². The zero-order valence-corrected chi connectivity index (χ0v) is 9.39. The number of carbonyl (C=O) groups excluding carboxylic acids is 1. The van der Waals surface area contributed by atoms with Crippen molar-refractivity contribution in [2.24, 2.45) is 0 Å². The molecular formula is C12H11F3O2. The molecule has 0 spiro atoms. The molecule has 0 saturated carbocycles. The summed E-state index contributed by atoms with van der Waals surface area (Å²) >= 11 is 0. The van der Waals surface area contributed by atoms with Crippen LogP contribution in [0.2, 0.25) is 0 Å². The fraction of sp³-hybridized carbons (Fsp3) is 0.250. The van der Waals surface area contributed by atoms with Gasteiger partial charge in [-0.15, -0.1) is 0 Å². The Labute approximate surface area is 96.7 Å². The minimum Gasteiger partial charge on any atom is -0.465 e. The molecule has 0 aromatic heterocycles. The Hall–Kier alpha value is -1.78. The number of benzene rings is 1. The predicted molar refractivity (Wildman–Crippen MR) is 57.5 cm³/mol. The summed E-state index contributed by atoms with van der Waals surface area (Å²) in [6.45, 7) is 5.12. The second kappa shape index (κ2) is 4.61. The van der Waals surface area contributed by atoms with Crippen molar-refractivity contribution in [2.45, 2.75) is 13.1 Å². The van der Waals surface area contributed by atoms with E-state index in [0.29, 0.717) is 5.57 Å². The lowest BCUT2D eigenvalue weighted by atomic mass is 10.0. The minimum absolute atomic E-state index is 0.139. The third kappa shape index (κ3) is 3.09. The molecule has 0 aliphatic rings. The van der Waals surface area contributed by atoms with Crippen LogP contribution in [0.5, 0.6) is 0 Å². The molecule has 92 valence electrons. The number of esters is 1. The van der Waals surface area contributed by atoms with Gasteiger partial charge >= 0.3 is 12.1 Å². The van der Waals surface area contributed by atoms with E-state index in [1.807, 2.05) is 0 Å². The largest absolute Gasteiger partial charge is 0.465 e. The Morgan fingerprint density at radius 1 is 1.24 bits per heavy atom. The summed E-state index contributed by atoms with van der Waals surface area (Å²) in [5, 5.41) is 0. The fourth-order valence-corrected chi connectivity index (χ4v) is 1.27. The van der Waals surface area contributed by atoms with Gasteiger partial charge in [0, 0.05) is 0 Å². The fourth-order valence-electron chi connectivity index (χ4n) is 1.27. The Bertz CT molecular complexity index is 461. The molecule has 0 N–H and O–H groups in total. The summed E-state index contributed by atoms with van der Waals surface area (Å²) in [5.74, 6) is -0.807. The second-order valence-corrected chi connectivity index (χ2v) is 3.57. The van der Waals surface area contributed by atoms with Gasteiger partial charge in [0.2, 0.25) is 0 Å². The summed E-state index contributed by atoms with van der Waals surface area (Å²) in [6, 6.07) is 3.04. The Balaban J connectivity index is 3.39. The third-order valence-corrected chi connectivity index (χ3v) is 2.17. The molecule has 0 radical (unpaired) electrons. The van der Waals surface area contributed by atoms with Crippen molar-refractivity contribution < 1.29 is 22.7 Å². The molecular weight excluding hydrogens is 233 g/mol. The number of allylic oxidation sites excluding steroid dienone is 1. The van der Waals surface area contributed by atoms with Crippen molar-refractivity contribution in [1.82, 2.24) is 0 Å². The van der Waals surface area contributed by atoms with E-state index in [9.17, 15) is 18.0 Å². The first-order chi connectivity index (χ1) is 7.75. The molecule has 1 aromatic rings. The molecule has 2 nitrogen and oxygen atoms in total. The van der Waals surface area contributed by atoms with Gasteiger partial charge in [0.25, 0.3) is 0 Å². The second-order valence-electron chi connectivity index (χ2n) is 3.57. The highest BCUT2D eigenvalue weighted by Gasteiger charge is 2.31. The summed E-state index contributed by atoms with van der Waals surface area (Å²) in [6.07, 6.45) is -4.51. The standard InChI is InChI=1S/C12H11F3O2/c1-7(2)8-4-9(11(16)17-3)6-10(5-8)12(13,14)15/h4-6H,1H2,2-3H3. The van der Waals surface area contributed by atoms with Gasteiger partial charge in [0.05, 0.1) is 18.2 Å². The predicted octanol–water partition coefficient (Wildman–Crippen LogP) is 3.53. The highest BCUT2D eigenvalue weighted by Crippen LogP contribution is 2.32. The van der Waals surface area contributed by atoms with E-state index in [1.54, 1.807) is 6.92 Å². The van der Waals surface area contributed by atoms with Gasteiger partial charge in [0.15, 0.2) is 0 Å². The van der Waals surface area contributed by atoms with Gasteiger partial charge in [-0.25, -0.2) is 4.79 Å². The summed E-state index contributed by atoms with van der Waals surface area (Å²) in [4.78, 5) is 11.2. The number of hydrogen-bond donors (Lipinski definition) is 0. The van der Waals surface area contributed by atoms with Crippen LogP contribution >= 0.6 is 0 Å². The van der Waals surface area contributed by atoms with Crippen molar-refractivity contribution in [3.05, 3.63) is 41.5 Å². The van der Waals surface area contributed by atoms with E-state index < -0.39 is 17.7 Å². The van der Waals surface area contributed by atoms with Crippen molar-refractivity contribution in [3.8, 4) is 0 Å². The molecule has 17 heavy (non-hydrogen) atoms. The van der Waals surface area contributed by atoms with Crippen molar-refractivity contribution in [3.63, 3.8) is 0 Å². The van der Waals surface area contributed by atoms with Crippen LogP contribution in [-0.2, 0) is 10.9 Å². The monoisotopic (exact) mass is 244 g/mol. The van der Waals surface area contributed by atoms with E-state index >= 15 is 0 Å². The number of methoxy groups -OCH3 is 1. The number of rotatable bonds is 2. The van der Waals surface area contributed by atoms with Gasteiger partial charge in [-0.3, -0.25) is 0 Å². The highest BCUT2D eigenvalue weighted by molar-refractivity contribution is 5.90.